The van der Waals surface area contributed by atoms with E-state index in [1.165, 1.54) is 9.75 Å². The lowest BCUT2D eigenvalue weighted by atomic mass is 10.3. The zero-order chi connectivity index (χ0) is 18.1. The summed E-state index contributed by atoms with van der Waals surface area (Å²) in [6.45, 7) is 7.97. The first-order valence-corrected chi connectivity index (χ1v) is 9.18. The molecule has 26 heavy (non-hydrogen) atoms. The van der Waals surface area contributed by atoms with Gasteiger partial charge in [-0.25, -0.2) is 9.98 Å². The van der Waals surface area contributed by atoms with E-state index in [1.807, 2.05) is 19.9 Å². The molecule has 2 rings (SSSR count). The molecule has 0 spiro atoms. The van der Waals surface area contributed by atoms with Crippen LogP contribution in [0.3, 0.4) is 0 Å². The number of halogens is 1. The number of anilines is 1. The van der Waals surface area contributed by atoms with Crippen LogP contribution in [0.15, 0.2) is 35.5 Å². The van der Waals surface area contributed by atoms with Crippen LogP contribution >= 0.6 is 35.3 Å². The summed E-state index contributed by atoms with van der Waals surface area (Å²) in [5.74, 6) is 1.22. The first kappa shape index (κ1) is 22.4. The lowest BCUT2D eigenvalue weighted by molar-refractivity contribution is -0.116. The van der Waals surface area contributed by atoms with Crippen LogP contribution in [-0.2, 0) is 11.3 Å². The molecule has 0 bridgehead atoms. The maximum Gasteiger partial charge on any atom is 0.227 e. The standard InChI is InChI=1S/C18H25N5OS.HI/c1-4-19-18(22-12-15-7-6-14(3)25-15)20-10-9-17(24)23-16-8-5-13(2)11-21-16;/h5-8,11H,4,9-10,12H2,1-3H3,(H2,19,20,22)(H,21,23,24);1H. The van der Waals surface area contributed by atoms with E-state index in [0.717, 1.165) is 18.1 Å². The number of nitrogens with zero attached hydrogens (tertiary/aromatic N) is 2. The molecular formula is C18H26IN5OS. The van der Waals surface area contributed by atoms with Gasteiger partial charge in [-0.2, -0.15) is 0 Å². The normalized spacial score (nSPS) is 10.8. The third kappa shape index (κ3) is 8.13. The van der Waals surface area contributed by atoms with Gasteiger partial charge in [0.15, 0.2) is 5.96 Å². The van der Waals surface area contributed by atoms with Crippen molar-refractivity contribution in [1.29, 1.82) is 0 Å². The summed E-state index contributed by atoms with van der Waals surface area (Å²) in [5.41, 5.74) is 1.06. The number of hydrogen-bond acceptors (Lipinski definition) is 4. The quantitative estimate of drug-likeness (QED) is 0.318. The summed E-state index contributed by atoms with van der Waals surface area (Å²) in [4.78, 5) is 23.2. The first-order chi connectivity index (χ1) is 12.1. The second kappa shape index (κ2) is 11.8. The number of nitrogens with one attached hydrogen (secondary N) is 3. The summed E-state index contributed by atoms with van der Waals surface area (Å²) in [6, 6.07) is 7.91. The third-order valence-corrected chi connectivity index (χ3v) is 4.34. The fraction of sp³-hybridized carbons (Fsp3) is 0.389. The van der Waals surface area contributed by atoms with E-state index in [2.05, 4.69) is 45.0 Å². The van der Waals surface area contributed by atoms with E-state index in [1.54, 1.807) is 23.6 Å². The Labute approximate surface area is 175 Å². The summed E-state index contributed by atoms with van der Waals surface area (Å²) in [5, 5.41) is 9.16. The van der Waals surface area contributed by atoms with Gasteiger partial charge in [0.05, 0.1) is 6.54 Å². The second-order valence-corrected chi connectivity index (χ2v) is 7.03. The number of rotatable bonds is 7. The Hall–Kier alpha value is -1.68. The van der Waals surface area contributed by atoms with Crippen molar-refractivity contribution in [3.63, 3.8) is 0 Å². The molecule has 1 amide bonds. The lowest BCUT2D eigenvalue weighted by Crippen LogP contribution is -2.38. The van der Waals surface area contributed by atoms with Crippen molar-refractivity contribution in [2.45, 2.75) is 33.7 Å². The van der Waals surface area contributed by atoms with Gasteiger partial charge in [0, 0.05) is 35.5 Å². The smallest absolute Gasteiger partial charge is 0.227 e. The number of hydrogen-bond donors (Lipinski definition) is 3. The van der Waals surface area contributed by atoms with Crippen LogP contribution in [0.4, 0.5) is 5.82 Å². The number of thiophene rings is 1. The van der Waals surface area contributed by atoms with E-state index in [4.69, 9.17) is 0 Å². The number of guanidine groups is 1. The van der Waals surface area contributed by atoms with Crippen LogP contribution < -0.4 is 16.0 Å². The van der Waals surface area contributed by atoms with E-state index >= 15 is 0 Å². The molecule has 2 aromatic rings. The van der Waals surface area contributed by atoms with Gasteiger partial charge in [-0.05, 0) is 44.5 Å². The van der Waals surface area contributed by atoms with Crippen LogP contribution in [0.1, 0.15) is 28.7 Å². The van der Waals surface area contributed by atoms with Gasteiger partial charge in [0.1, 0.15) is 5.82 Å². The Bertz CT molecular complexity index is 715. The maximum absolute atomic E-state index is 12.0. The second-order valence-electron chi connectivity index (χ2n) is 5.65. The molecule has 0 unspecified atom stereocenters. The molecule has 0 aromatic carbocycles. The van der Waals surface area contributed by atoms with E-state index in [9.17, 15) is 4.79 Å². The molecular weight excluding hydrogens is 461 g/mol. The molecule has 0 aliphatic rings. The van der Waals surface area contributed by atoms with Crippen molar-refractivity contribution in [3.05, 3.63) is 45.8 Å². The predicted molar refractivity (Wildman–Crippen MR) is 120 cm³/mol. The van der Waals surface area contributed by atoms with Crippen molar-refractivity contribution in [2.24, 2.45) is 4.99 Å². The minimum absolute atomic E-state index is 0. The molecule has 3 N–H and O–H groups in total. The predicted octanol–water partition coefficient (Wildman–Crippen LogP) is 3.46. The minimum atomic E-state index is -0.0754. The number of carbonyl (C=O) groups excluding carboxylic acids is 1. The average Bonchev–Trinajstić information content (AvgIpc) is 3.00. The number of carbonyl (C=O) groups is 1. The van der Waals surface area contributed by atoms with Crippen molar-refractivity contribution < 1.29 is 4.79 Å². The van der Waals surface area contributed by atoms with Gasteiger partial charge in [-0.15, -0.1) is 35.3 Å². The molecule has 0 saturated heterocycles. The summed E-state index contributed by atoms with van der Waals surface area (Å²) >= 11 is 1.75. The Morgan fingerprint density at radius 1 is 1.19 bits per heavy atom. The number of aryl methyl sites for hydroxylation is 2. The summed E-state index contributed by atoms with van der Waals surface area (Å²) < 4.78 is 0. The van der Waals surface area contributed by atoms with Gasteiger partial charge in [-0.3, -0.25) is 4.79 Å². The minimum Gasteiger partial charge on any atom is -0.357 e. The highest BCUT2D eigenvalue weighted by atomic mass is 127. The topological polar surface area (TPSA) is 78.4 Å². The highest BCUT2D eigenvalue weighted by Crippen LogP contribution is 2.15. The van der Waals surface area contributed by atoms with Gasteiger partial charge in [-0.1, -0.05) is 6.07 Å². The van der Waals surface area contributed by atoms with Crippen LogP contribution in [0.5, 0.6) is 0 Å². The molecule has 0 saturated carbocycles. The largest absolute Gasteiger partial charge is 0.357 e. The van der Waals surface area contributed by atoms with E-state index in [0.29, 0.717) is 25.3 Å². The van der Waals surface area contributed by atoms with Crippen molar-refractivity contribution in [3.8, 4) is 0 Å². The van der Waals surface area contributed by atoms with Gasteiger partial charge >= 0.3 is 0 Å². The monoisotopic (exact) mass is 487 g/mol. The highest BCUT2D eigenvalue weighted by molar-refractivity contribution is 14.0. The van der Waals surface area contributed by atoms with E-state index < -0.39 is 0 Å². The van der Waals surface area contributed by atoms with Crippen LogP contribution in [0.25, 0.3) is 0 Å². The SMILES string of the molecule is CCNC(=NCc1ccc(C)s1)NCCC(=O)Nc1ccc(C)cn1.I. The number of aliphatic imine (C=N–C) groups is 1. The van der Waals surface area contributed by atoms with Crippen molar-refractivity contribution >= 4 is 53.0 Å². The lowest BCUT2D eigenvalue weighted by Gasteiger charge is -2.11. The highest BCUT2D eigenvalue weighted by Gasteiger charge is 2.04. The van der Waals surface area contributed by atoms with Crippen LogP contribution in [0.2, 0.25) is 0 Å². The number of amides is 1. The molecule has 6 nitrogen and oxygen atoms in total. The third-order valence-electron chi connectivity index (χ3n) is 3.36. The fourth-order valence-electron chi connectivity index (χ4n) is 2.11. The summed E-state index contributed by atoms with van der Waals surface area (Å²) in [7, 11) is 0. The first-order valence-electron chi connectivity index (χ1n) is 8.37. The van der Waals surface area contributed by atoms with Gasteiger partial charge in [0.25, 0.3) is 0 Å². The molecule has 2 aromatic heterocycles. The van der Waals surface area contributed by atoms with Crippen LogP contribution in [0, 0.1) is 13.8 Å². The molecule has 8 heteroatoms. The molecule has 2 heterocycles. The Morgan fingerprint density at radius 2 is 2.00 bits per heavy atom. The van der Waals surface area contributed by atoms with E-state index in [-0.39, 0.29) is 29.9 Å². The van der Waals surface area contributed by atoms with Crippen molar-refractivity contribution in [2.75, 3.05) is 18.4 Å². The maximum atomic E-state index is 12.0. The summed E-state index contributed by atoms with van der Waals surface area (Å²) in [6.07, 6.45) is 2.08. The van der Waals surface area contributed by atoms with Crippen molar-refractivity contribution in [1.82, 2.24) is 15.6 Å². The van der Waals surface area contributed by atoms with Gasteiger partial charge < -0.3 is 16.0 Å². The molecule has 0 radical (unpaired) electrons. The average molecular weight is 487 g/mol. The number of aromatic nitrogens is 1. The molecule has 0 fully saturated rings. The van der Waals surface area contributed by atoms with Gasteiger partial charge in [0.2, 0.25) is 5.91 Å². The van der Waals surface area contributed by atoms with Crippen LogP contribution in [-0.4, -0.2) is 29.9 Å². The molecule has 0 atom stereocenters. The molecule has 0 aliphatic heterocycles. The zero-order valence-corrected chi connectivity index (χ0v) is 18.5. The Kier molecular flexibility index (Phi) is 10.2. The number of pyridine rings is 1. The molecule has 0 aliphatic carbocycles. The Morgan fingerprint density at radius 3 is 2.62 bits per heavy atom. The zero-order valence-electron chi connectivity index (χ0n) is 15.3. The Balaban J connectivity index is 0.00000338. The molecule has 142 valence electrons. The fourth-order valence-corrected chi connectivity index (χ4v) is 2.93.